The Morgan fingerprint density at radius 2 is 1.08 bits per heavy atom. The van der Waals surface area contributed by atoms with Crippen molar-refractivity contribution < 1.29 is 14.4 Å². The average molecular weight is 354 g/mol. The molecule has 0 aliphatic carbocycles. The van der Waals surface area contributed by atoms with Gasteiger partial charge in [-0.15, -0.1) is 0 Å². The molecule has 0 atom stereocenters. The Kier molecular flexibility index (Phi) is 6.21. The lowest BCUT2D eigenvalue weighted by atomic mass is 9.99. The van der Waals surface area contributed by atoms with Crippen molar-refractivity contribution in [3.8, 4) is 0 Å². The van der Waals surface area contributed by atoms with Crippen molar-refractivity contribution in [2.45, 2.75) is 13.8 Å². The molecule has 7 nitrogen and oxygen atoms in total. The fourth-order valence-corrected chi connectivity index (χ4v) is 2.37. The number of nitrogens with zero attached hydrogens (tertiary/aromatic N) is 2. The first-order chi connectivity index (χ1) is 12.4. The minimum absolute atomic E-state index is 0.297. The van der Waals surface area contributed by atoms with E-state index in [0.717, 1.165) is 10.0 Å². The van der Waals surface area contributed by atoms with Crippen LogP contribution in [0.15, 0.2) is 48.5 Å². The highest BCUT2D eigenvalue weighted by Crippen LogP contribution is 2.15. The standard InChI is InChI=1S/C19H22N4O3/c1-3-22(20)18(25)15-9-5-7-13(11-15)17(24)14-8-6-10-16(12-14)19(26)23(21)4-2/h5-12H,3-4,20-21H2,1-2H3. The van der Waals surface area contributed by atoms with E-state index in [1.165, 1.54) is 12.1 Å². The summed E-state index contributed by atoms with van der Waals surface area (Å²) >= 11 is 0. The molecule has 0 spiro atoms. The topological polar surface area (TPSA) is 110 Å². The van der Waals surface area contributed by atoms with Gasteiger partial charge in [-0.1, -0.05) is 24.3 Å². The molecular weight excluding hydrogens is 332 g/mol. The maximum atomic E-state index is 12.8. The number of amides is 2. The normalized spacial score (nSPS) is 10.3. The molecule has 0 bridgehead atoms. The second kappa shape index (κ2) is 8.37. The largest absolute Gasteiger partial charge is 0.289 e. The smallest absolute Gasteiger partial charge is 0.267 e. The van der Waals surface area contributed by atoms with Crippen molar-refractivity contribution >= 4 is 17.6 Å². The van der Waals surface area contributed by atoms with Crippen LogP contribution in [0.25, 0.3) is 0 Å². The number of rotatable bonds is 6. The third kappa shape index (κ3) is 4.14. The van der Waals surface area contributed by atoms with Crippen LogP contribution in [-0.4, -0.2) is 40.7 Å². The van der Waals surface area contributed by atoms with Gasteiger partial charge in [0.2, 0.25) is 0 Å². The van der Waals surface area contributed by atoms with E-state index >= 15 is 0 Å². The predicted octanol–water partition coefficient (Wildman–Crippen LogP) is 1.59. The van der Waals surface area contributed by atoms with Crippen LogP contribution in [0.5, 0.6) is 0 Å². The molecule has 0 heterocycles. The number of benzene rings is 2. The molecule has 26 heavy (non-hydrogen) atoms. The Balaban J connectivity index is 2.32. The van der Waals surface area contributed by atoms with Crippen LogP contribution >= 0.6 is 0 Å². The van der Waals surface area contributed by atoms with Gasteiger partial charge >= 0.3 is 0 Å². The number of nitrogens with two attached hydrogens (primary N) is 2. The van der Waals surface area contributed by atoms with Gasteiger partial charge in [0.1, 0.15) is 0 Å². The van der Waals surface area contributed by atoms with Crippen LogP contribution in [0.1, 0.15) is 50.5 Å². The third-order valence-electron chi connectivity index (χ3n) is 3.95. The molecule has 7 heteroatoms. The maximum absolute atomic E-state index is 12.8. The Morgan fingerprint density at radius 3 is 1.42 bits per heavy atom. The first kappa shape index (κ1) is 19.3. The monoisotopic (exact) mass is 354 g/mol. The highest BCUT2D eigenvalue weighted by atomic mass is 16.2. The van der Waals surface area contributed by atoms with Crippen molar-refractivity contribution in [3.63, 3.8) is 0 Å². The van der Waals surface area contributed by atoms with Gasteiger partial charge in [-0.2, -0.15) is 0 Å². The molecule has 0 aliphatic heterocycles. The first-order valence-electron chi connectivity index (χ1n) is 8.27. The van der Waals surface area contributed by atoms with E-state index in [-0.39, 0.29) is 17.6 Å². The van der Waals surface area contributed by atoms with Crippen LogP contribution in [0.3, 0.4) is 0 Å². The van der Waals surface area contributed by atoms with Crippen molar-refractivity contribution in [2.24, 2.45) is 11.7 Å². The van der Waals surface area contributed by atoms with Crippen molar-refractivity contribution in [2.75, 3.05) is 13.1 Å². The molecule has 136 valence electrons. The van der Waals surface area contributed by atoms with E-state index in [2.05, 4.69) is 0 Å². The predicted molar refractivity (Wildman–Crippen MR) is 98.1 cm³/mol. The number of ketones is 1. The number of carbonyl (C=O) groups excluding carboxylic acids is 3. The highest BCUT2D eigenvalue weighted by Gasteiger charge is 2.17. The summed E-state index contributed by atoms with van der Waals surface area (Å²) in [6.07, 6.45) is 0. The minimum Gasteiger partial charge on any atom is -0.289 e. The van der Waals surface area contributed by atoms with Gasteiger partial charge in [0, 0.05) is 35.3 Å². The van der Waals surface area contributed by atoms with Crippen LogP contribution in [0.2, 0.25) is 0 Å². The summed E-state index contributed by atoms with van der Waals surface area (Å²) in [5, 5.41) is 2.15. The number of hydrogen-bond donors (Lipinski definition) is 2. The zero-order valence-electron chi connectivity index (χ0n) is 14.8. The molecule has 4 N–H and O–H groups in total. The van der Waals surface area contributed by atoms with Gasteiger partial charge in [-0.25, -0.2) is 11.7 Å². The molecule has 0 aliphatic rings. The van der Waals surface area contributed by atoms with Gasteiger partial charge in [0.25, 0.3) is 11.8 Å². The van der Waals surface area contributed by atoms with Crippen LogP contribution < -0.4 is 11.7 Å². The second-order valence-corrected chi connectivity index (χ2v) is 5.67. The maximum Gasteiger partial charge on any atom is 0.267 e. The number of hydrogen-bond acceptors (Lipinski definition) is 5. The Bertz CT molecular complexity index is 768. The van der Waals surface area contributed by atoms with Crippen LogP contribution in [0.4, 0.5) is 0 Å². The Hall–Kier alpha value is -3.03. The minimum atomic E-state index is -0.368. The lowest BCUT2D eigenvalue weighted by Crippen LogP contribution is -2.37. The van der Waals surface area contributed by atoms with Crippen LogP contribution in [-0.2, 0) is 0 Å². The van der Waals surface area contributed by atoms with Crippen molar-refractivity contribution in [1.82, 2.24) is 10.0 Å². The molecule has 2 rings (SSSR count). The van der Waals surface area contributed by atoms with Gasteiger partial charge in [0.05, 0.1) is 0 Å². The van der Waals surface area contributed by atoms with E-state index in [9.17, 15) is 14.4 Å². The van der Waals surface area contributed by atoms with E-state index in [1.54, 1.807) is 50.2 Å². The van der Waals surface area contributed by atoms with E-state index < -0.39 is 0 Å². The zero-order chi connectivity index (χ0) is 19.3. The molecule has 2 aromatic rings. The molecule has 2 aromatic carbocycles. The van der Waals surface area contributed by atoms with Gasteiger partial charge in [-0.3, -0.25) is 24.4 Å². The fourth-order valence-electron chi connectivity index (χ4n) is 2.37. The second-order valence-electron chi connectivity index (χ2n) is 5.67. The SMILES string of the molecule is CCN(N)C(=O)c1cccc(C(=O)c2cccc(C(=O)N(N)CC)c2)c1. The molecule has 0 saturated carbocycles. The summed E-state index contributed by atoms with van der Waals surface area (Å²) in [7, 11) is 0. The molecule has 0 aromatic heterocycles. The molecule has 2 amide bonds. The number of hydrazine groups is 2. The molecule has 0 radical (unpaired) electrons. The summed E-state index contributed by atoms with van der Waals surface area (Å²) in [6.45, 7) is 4.22. The quantitative estimate of drug-likeness (QED) is 0.354. The summed E-state index contributed by atoms with van der Waals surface area (Å²) in [5.41, 5.74) is 1.33. The van der Waals surface area contributed by atoms with E-state index in [4.69, 9.17) is 11.7 Å². The van der Waals surface area contributed by atoms with Crippen molar-refractivity contribution in [1.29, 1.82) is 0 Å². The molecular formula is C19H22N4O3. The summed E-state index contributed by atoms with van der Waals surface area (Å²) < 4.78 is 0. The van der Waals surface area contributed by atoms with Gasteiger partial charge in [-0.05, 0) is 38.1 Å². The lowest BCUT2D eigenvalue weighted by Gasteiger charge is -2.15. The van der Waals surface area contributed by atoms with Gasteiger partial charge in [0.15, 0.2) is 5.78 Å². The summed E-state index contributed by atoms with van der Waals surface area (Å²) in [6, 6.07) is 12.7. The first-order valence-corrected chi connectivity index (χ1v) is 8.27. The molecule has 0 saturated heterocycles. The average Bonchev–Trinajstić information content (AvgIpc) is 2.70. The number of carbonyl (C=O) groups is 3. The zero-order valence-corrected chi connectivity index (χ0v) is 14.8. The van der Waals surface area contributed by atoms with E-state index in [1.807, 2.05) is 0 Å². The highest BCUT2D eigenvalue weighted by molar-refractivity contribution is 6.11. The summed E-state index contributed by atoms with van der Waals surface area (Å²) in [5.74, 6) is 10.2. The van der Waals surface area contributed by atoms with E-state index in [0.29, 0.717) is 35.3 Å². The van der Waals surface area contributed by atoms with Crippen molar-refractivity contribution in [3.05, 3.63) is 70.8 Å². The Morgan fingerprint density at radius 1 is 0.731 bits per heavy atom. The Labute approximate surface area is 152 Å². The lowest BCUT2D eigenvalue weighted by molar-refractivity contribution is 0.0757. The van der Waals surface area contributed by atoms with Crippen LogP contribution in [0, 0.1) is 0 Å². The van der Waals surface area contributed by atoms with Gasteiger partial charge < -0.3 is 0 Å². The third-order valence-corrected chi connectivity index (χ3v) is 3.95. The molecule has 0 unspecified atom stereocenters. The molecule has 0 fully saturated rings. The fraction of sp³-hybridized carbons (Fsp3) is 0.211. The summed E-state index contributed by atoms with van der Waals surface area (Å²) in [4.78, 5) is 37.1.